The molecule has 1 heterocycles. The Morgan fingerprint density at radius 2 is 1.79 bits per heavy atom. The molecular formula is C14H14Br3NS. The number of thiazole rings is 1. The second kappa shape index (κ2) is 6.83. The van der Waals surface area contributed by atoms with Crippen molar-refractivity contribution in [1.82, 2.24) is 4.98 Å². The number of aromatic nitrogens is 1. The Labute approximate surface area is 143 Å². The third-order valence-corrected chi connectivity index (χ3v) is 6.74. The van der Waals surface area contributed by atoms with Gasteiger partial charge in [0.25, 0.3) is 0 Å². The van der Waals surface area contributed by atoms with Gasteiger partial charge < -0.3 is 0 Å². The van der Waals surface area contributed by atoms with Gasteiger partial charge in [0.15, 0.2) is 0 Å². The first-order valence-electron chi connectivity index (χ1n) is 5.89. The fraction of sp³-hybridized carbons (Fsp3) is 0.357. The highest BCUT2D eigenvalue weighted by atomic mass is 79.9. The summed E-state index contributed by atoms with van der Waals surface area (Å²) in [6.45, 7) is 2.05. The first kappa shape index (κ1) is 15.7. The van der Waals surface area contributed by atoms with Crippen molar-refractivity contribution in [1.29, 1.82) is 0 Å². The molecule has 19 heavy (non-hydrogen) atoms. The number of halogens is 3. The fourth-order valence-electron chi connectivity index (χ4n) is 2.01. The Morgan fingerprint density at radius 3 is 2.26 bits per heavy atom. The first-order chi connectivity index (χ1) is 9.09. The quantitative estimate of drug-likeness (QED) is 0.530. The van der Waals surface area contributed by atoms with Crippen molar-refractivity contribution in [3.05, 3.63) is 50.4 Å². The number of benzene rings is 1. The summed E-state index contributed by atoms with van der Waals surface area (Å²) >= 11 is 12.7. The van der Waals surface area contributed by atoms with E-state index in [0.29, 0.717) is 0 Å². The summed E-state index contributed by atoms with van der Waals surface area (Å²) in [5.74, 6) is 0. The summed E-state index contributed by atoms with van der Waals surface area (Å²) in [4.78, 5) is 5.69. The Bertz CT molecular complexity index is 532. The molecule has 0 spiro atoms. The van der Waals surface area contributed by atoms with E-state index in [0.717, 1.165) is 26.6 Å². The molecule has 0 N–H and O–H groups in total. The SMILES string of the molecule is Cc1ncc(CC(CBr)(CBr)c2ccc(Br)cc2)s1. The van der Waals surface area contributed by atoms with Crippen molar-refractivity contribution >= 4 is 59.1 Å². The van der Waals surface area contributed by atoms with Crippen LogP contribution in [0.4, 0.5) is 0 Å². The van der Waals surface area contributed by atoms with Crippen molar-refractivity contribution in [2.45, 2.75) is 18.8 Å². The highest BCUT2D eigenvalue weighted by Crippen LogP contribution is 2.34. The van der Waals surface area contributed by atoms with Crippen LogP contribution in [0.25, 0.3) is 0 Å². The normalized spacial score (nSPS) is 11.8. The summed E-state index contributed by atoms with van der Waals surface area (Å²) in [6.07, 6.45) is 3.00. The fourth-order valence-corrected chi connectivity index (χ4v) is 5.19. The Morgan fingerprint density at radius 1 is 1.16 bits per heavy atom. The molecule has 0 fully saturated rings. The van der Waals surface area contributed by atoms with E-state index in [1.807, 2.05) is 6.20 Å². The number of hydrogen-bond donors (Lipinski definition) is 0. The van der Waals surface area contributed by atoms with Gasteiger partial charge in [-0.25, -0.2) is 4.98 Å². The summed E-state index contributed by atoms with van der Waals surface area (Å²) in [6, 6.07) is 8.60. The van der Waals surface area contributed by atoms with E-state index in [2.05, 4.69) is 84.0 Å². The Hall–Kier alpha value is 0.290. The molecule has 0 unspecified atom stereocenters. The smallest absolute Gasteiger partial charge is 0.0896 e. The minimum Gasteiger partial charge on any atom is -0.250 e. The average Bonchev–Trinajstić information content (AvgIpc) is 2.82. The van der Waals surface area contributed by atoms with E-state index in [-0.39, 0.29) is 5.41 Å². The van der Waals surface area contributed by atoms with Crippen LogP contribution >= 0.6 is 59.1 Å². The van der Waals surface area contributed by atoms with Gasteiger partial charge in [-0.1, -0.05) is 59.9 Å². The molecule has 102 valence electrons. The van der Waals surface area contributed by atoms with Gasteiger partial charge in [0.05, 0.1) is 5.01 Å². The third kappa shape index (κ3) is 3.69. The minimum absolute atomic E-state index is 0.0691. The average molecular weight is 468 g/mol. The molecule has 0 saturated carbocycles. The topological polar surface area (TPSA) is 12.9 Å². The monoisotopic (exact) mass is 465 g/mol. The molecule has 0 aliphatic carbocycles. The van der Waals surface area contributed by atoms with E-state index < -0.39 is 0 Å². The van der Waals surface area contributed by atoms with E-state index in [1.54, 1.807) is 11.3 Å². The zero-order valence-electron chi connectivity index (χ0n) is 10.5. The van der Waals surface area contributed by atoms with E-state index in [4.69, 9.17) is 0 Å². The zero-order valence-corrected chi connectivity index (χ0v) is 16.1. The zero-order chi connectivity index (χ0) is 13.9. The highest BCUT2D eigenvalue weighted by molar-refractivity contribution is 9.10. The van der Waals surface area contributed by atoms with Gasteiger partial charge in [0.2, 0.25) is 0 Å². The van der Waals surface area contributed by atoms with E-state index in [1.165, 1.54) is 10.4 Å². The van der Waals surface area contributed by atoms with Crippen LogP contribution in [0, 0.1) is 6.92 Å². The number of hydrogen-bond acceptors (Lipinski definition) is 2. The van der Waals surface area contributed by atoms with Crippen LogP contribution in [-0.2, 0) is 11.8 Å². The summed E-state index contributed by atoms with van der Waals surface area (Å²) in [7, 11) is 0. The number of rotatable bonds is 5. The molecule has 2 aromatic rings. The van der Waals surface area contributed by atoms with Gasteiger partial charge in [-0.2, -0.15) is 0 Å². The largest absolute Gasteiger partial charge is 0.250 e. The lowest BCUT2D eigenvalue weighted by Crippen LogP contribution is -2.32. The van der Waals surface area contributed by atoms with Gasteiger partial charge >= 0.3 is 0 Å². The van der Waals surface area contributed by atoms with Gasteiger partial charge in [0, 0.05) is 31.6 Å². The molecule has 0 bridgehead atoms. The number of aryl methyl sites for hydroxylation is 1. The van der Waals surface area contributed by atoms with Crippen LogP contribution in [-0.4, -0.2) is 15.6 Å². The summed E-state index contributed by atoms with van der Waals surface area (Å²) in [5, 5.41) is 2.97. The van der Waals surface area contributed by atoms with Crippen LogP contribution in [0.1, 0.15) is 15.4 Å². The summed E-state index contributed by atoms with van der Waals surface area (Å²) < 4.78 is 1.11. The van der Waals surface area contributed by atoms with Gasteiger partial charge in [-0.3, -0.25) is 0 Å². The molecular weight excluding hydrogens is 454 g/mol. The maximum atomic E-state index is 4.36. The Balaban J connectivity index is 2.33. The minimum atomic E-state index is 0.0691. The van der Waals surface area contributed by atoms with Crippen molar-refractivity contribution < 1.29 is 0 Å². The molecule has 0 atom stereocenters. The molecule has 1 nitrogen and oxygen atoms in total. The van der Waals surface area contributed by atoms with Gasteiger partial charge in [-0.15, -0.1) is 11.3 Å². The lowest BCUT2D eigenvalue weighted by molar-refractivity contribution is 0.555. The van der Waals surface area contributed by atoms with Gasteiger partial charge in [0.1, 0.15) is 0 Å². The molecule has 2 rings (SSSR count). The van der Waals surface area contributed by atoms with E-state index in [9.17, 15) is 0 Å². The Kier molecular flexibility index (Phi) is 5.64. The predicted octanol–water partition coefficient (Wildman–Crippen LogP) is 5.48. The standard InChI is InChI=1S/C14H14Br3NS/c1-10-18-7-13(19-10)6-14(8-15,9-16)11-2-4-12(17)5-3-11/h2-5,7H,6,8-9H2,1H3. The maximum Gasteiger partial charge on any atom is 0.0896 e. The molecule has 0 radical (unpaired) electrons. The second-order valence-electron chi connectivity index (χ2n) is 4.58. The summed E-state index contributed by atoms with van der Waals surface area (Å²) in [5.41, 5.74) is 1.41. The first-order valence-corrected chi connectivity index (χ1v) is 9.74. The van der Waals surface area contributed by atoms with Crippen molar-refractivity contribution in [2.24, 2.45) is 0 Å². The van der Waals surface area contributed by atoms with Crippen LogP contribution < -0.4 is 0 Å². The molecule has 0 aliphatic rings. The molecule has 0 amide bonds. The predicted molar refractivity (Wildman–Crippen MR) is 94.0 cm³/mol. The molecule has 1 aromatic carbocycles. The lowest BCUT2D eigenvalue weighted by Gasteiger charge is -2.30. The van der Waals surface area contributed by atoms with Crippen molar-refractivity contribution in [3.63, 3.8) is 0 Å². The highest BCUT2D eigenvalue weighted by Gasteiger charge is 2.31. The molecule has 5 heteroatoms. The lowest BCUT2D eigenvalue weighted by atomic mass is 9.81. The molecule has 1 aromatic heterocycles. The van der Waals surface area contributed by atoms with Crippen LogP contribution in [0.2, 0.25) is 0 Å². The van der Waals surface area contributed by atoms with E-state index >= 15 is 0 Å². The number of nitrogens with zero attached hydrogens (tertiary/aromatic N) is 1. The van der Waals surface area contributed by atoms with Crippen LogP contribution in [0.15, 0.2) is 34.9 Å². The number of alkyl halides is 2. The van der Waals surface area contributed by atoms with Crippen molar-refractivity contribution in [3.8, 4) is 0 Å². The van der Waals surface area contributed by atoms with Gasteiger partial charge in [-0.05, 0) is 31.0 Å². The second-order valence-corrected chi connectivity index (χ2v) is 7.93. The van der Waals surface area contributed by atoms with Crippen molar-refractivity contribution in [2.75, 3.05) is 10.7 Å². The molecule has 0 saturated heterocycles. The maximum absolute atomic E-state index is 4.36. The van der Waals surface area contributed by atoms with Crippen LogP contribution in [0.5, 0.6) is 0 Å². The third-order valence-electron chi connectivity index (χ3n) is 3.15. The molecule has 0 aliphatic heterocycles. The van der Waals surface area contributed by atoms with Crippen LogP contribution in [0.3, 0.4) is 0 Å².